The molecule has 138 valence electrons. The van der Waals surface area contributed by atoms with E-state index in [2.05, 4.69) is 33.5 Å². The Hall–Kier alpha value is -1.34. The molecule has 26 heavy (non-hydrogen) atoms. The van der Waals surface area contributed by atoms with E-state index in [9.17, 15) is 4.79 Å². The molecule has 8 heteroatoms. The molecular weight excluding hydrogens is 459 g/mol. The third kappa shape index (κ3) is 5.84. The average Bonchev–Trinajstić information content (AvgIpc) is 2.59. The summed E-state index contributed by atoms with van der Waals surface area (Å²) in [5, 5.41) is 6.36. The summed E-state index contributed by atoms with van der Waals surface area (Å²) in [4.78, 5) is 12.6. The molecule has 0 aliphatic heterocycles. The number of hydrogen-bond donors (Lipinski definition) is 2. The second-order valence-corrected chi connectivity index (χ2v) is 7.49. The Morgan fingerprint density at radius 2 is 1.92 bits per heavy atom. The van der Waals surface area contributed by atoms with Crippen molar-refractivity contribution in [2.24, 2.45) is 0 Å². The topological polar surface area (TPSA) is 50.4 Å². The molecule has 0 radical (unpaired) electrons. The molecule has 0 bridgehead atoms. The highest BCUT2D eigenvalue weighted by molar-refractivity contribution is 9.10. The summed E-state index contributed by atoms with van der Waals surface area (Å²) in [5.41, 5.74) is 0.819. The van der Waals surface area contributed by atoms with Crippen molar-refractivity contribution in [1.82, 2.24) is 5.32 Å². The molecule has 2 rings (SSSR count). The van der Waals surface area contributed by atoms with Crippen molar-refractivity contribution in [2.45, 2.75) is 19.8 Å². The number of carbonyl (C=O) groups excluding carboxylic acids is 1. The van der Waals surface area contributed by atoms with E-state index in [1.165, 1.54) is 0 Å². The fourth-order valence-electron chi connectivity index (χ4n) is 2.06. The smallest absolute Gasteiger partial charge is 0.261 e. The van der Waals surface area contributed by atoms with Crippen LogP contribution < -0.4 is 15.4 Å². The molecule has 0 fully saturated rings. The highest BCUT2D eigenvalue weighted by atomic mass is 79.9. The van der Waals surface area contributed by atoms with Crippen molar-refractivity contribution >= 4 is 68.1 Å². The summed E-state index contributed by atoms with van der Waals surface area (Å²) in [6, 6.07) is 10.3. The normalized spacial score (nSPS) is 10.3. The van der Waals surface area contributed by atoms with Gasteiger partial charge in [0.2, 0.25) is 0 Å². The summed E-state index contributed by atoms with van der Waals surface area (Å²) in [5.74, 6) is 0.108. The van der Waals surface area contributed by atoms with E-state index in [0.717, 1.165) is 17.3 Å². The second kappa shape index (κ2) is 10.1. The van der Waals surface area contributed by atoms with Crippen LogP contribution in [0.15, 0.2) is 40.9 Å². The van der Waals surface area contributed by atoms with Crippen molar-refractivity contribution in [3.05, 3.63) is 56.5 Å². The van der Waals surface area contributed by atoms with Crippen LogP contribution in [0.3, 0.4) is 0 Å². The number of benzene rings is 2. The second-order valence-electron chi connectivity index (χ2n) is 5.35. The number of hydrogen-bond acceptors (Lipinski definition) is 3. The zero-order valence-corrected chi connectivity index (χ0v) is 17.9. The van der Waals surface area contributed by atoms with Gasteiger partial charge in [-0.15, -0.1) is 0 Å². The minimum Gasteiger partial charge on any atom is -0.493 e. The van der Waals surface area contributed by atoms with E-state index < -0.39 is 5.91 Å². The number of ether oxygens (including phenoxy) is 1. The first kappa shape index (κ1) is 21.0. The van der Waals surface area contributed by atoms with Gasteiger partial charge in [-0.3, -0.25) is 10.1 Å². The molecule has 2 N–H and O–H groups in total. The number of thiocarbonyl (C=S) groups is 1. The Morgan fingerprint density at radius 3 is 2.58 bits per heavy atom. The quantitative estimate of drug-likeness (QED) is 0.393. The third-order valence-corrected chi connectivity index (χ3v) is 4.70. The highest BCUT2D eigenvalue weighted by Crippen LogP contribution is 2.30. The van der Waals surface area contributed by atoms with Gasteiger partial charge in [-0.05, 0) is 49.0 Å². The van der Waals surface area contributed by atoms with Crippen molar-refractivity contribution in [3.8, 4) is 5.75 Å². The number of halogens is 3. The van der Waals surface area contributed by atoms with Crippen LogP contribution in [-0.4, -0.2) is 17.6 Å². The molecule has 0 aromatic heterocycles. The van der Waals surface area contributed by atoms with Gasteiger partial charge in [-0.2, -0.15) is 0 Å². The maximum atomic E-state index is 12.6. The molecule has 1 amide bonds. The largest absolute Gasteiger partial charge is 0.493 e. The van der Waals surface area contributed by atoms with E-state index in [-0.39, 0.29) is 5.11 Å². The lowest BCUT2D eigenvalue weighted by atomic mass is 10.2. The van der Waals surface area contributed by atoms with Crippen molar-refractivity contribution in [1.29, 1.82) is 0 Å². The molecule has 0 unspecified atom stereocenters. The SMILES string of the molecule is CCCCOc1ccc(Br)cc1C(=O)NC(=S)Nc1c(Cl)cccc1Cl. The lowest BCUT2D eigenvalue weighted by molar-refractivity contribution is 0.0973. The maximum absolute atomic E-state index is 12.6. The maximum Gasteiger partial charge on any atom is 0.261 e. The zero-order chi connectivity index (χ0) is 19.1. The van der Waals surface area contributed by atoms with Crippen LogP contribution in [-0.2, 0) is 0 Å². The first-order valence-electron chi connectivity index (χ1n) is 7.91. The number of amides is 1. The van der Waals surface area contributed by atoms with E-state index in [0.29, 0.717) is 33.7 Å². The molecule has 0 saturated carbocycles. The molecular formula is C18H17BrCl2N2O2S. The van der Waals surface area contributed by atoms with E-state index in [1.54, 1.807) is 30.3 Å². The van der Waals surface area contributed by atoms with Gasteiger partial charge in [-0.1, -0.05) is 58.5 Å². The van der Waals surface area contributed by atoms with Crippen LogP contribution in [0.2, 0.25) is 10.0 Å². The minimum absolute atomic E-state index is 0.0875. The number of anilines is 1. The van der Waals surface area contributed by atoms with Crippen LogP contribution >= 0.6 is 51.3 Å². The predicted octanol–water partition coefficient (Wildman–Crippen LogP) is 6.06. The fraction of sp³-hybridized carbons (Fsp3) is 0.222. The standard InChI is InChI=1S/C18H17BrCl2N2O2S/c1-2-3-9-25-15-8-7-11(19)10-12(15)17(24)23-18(26)22-16-13(20)5-4-6-14(16)21/h4-8,10H,2-3,9H2,1H3,(H2,22,23,24,26). The Kier molecular flexibility index (Phi) is 8.15. The molecule has 0 atom stereocenters. The summed E-state index contributed by atoms with van der Waals surface area (Å²) in [7, 11) is 0. The monoisotopic (exact) mass is 474 g/mol. The van der Waals surface area contributed by atoms with Crippen LogP contribution in [0.5, 0.6) is 5.75 Å². The van der Waals surface area contributed by atoms with Gasteiger partial charge < -0.3 is 10.1 Å². The van der Waals surface area contributed by atoms with Gasteiger partial charge in [0.05, 0.1) is 27.9 Å². The Labute approximate surface area is 176 Å². The van der Waals surface area contributed by atoms with Gasteiger partial charge in [0.15, 0.2) is 5.11 Å². The van der Waals surface area contributed by atoms with E-state index in [4.69, 9.17) is 40.2 Å². The molecule has 0 heterocycles. The lowest BCUT2D eigenvalue weighted by Gasteiger charge is -2.14. The van der Waals surface area contributed by atoms with Crippen molar-refractivity contribution in [3.63, 3.8) is 0 Å². The van der Waals surface area contributed by atoms with Gasteiger partial charge in [0.1, 0.15) is 5.75 Å². The van der Waals surface area contributed by atoms with Crippen molar-refractivity contribution in [2.75, 3.05) is 11.9 Å². The van der Waals surface area contributed by atoms with Crippen LogP contribution in [0.25, 0.3) is 0 Å². The first-order chi connectivity index (χ1) is 12.4. The molecule has 0 aliphatic carbocycles. The number of nitrogens with one attached hydrogen (secondary N) is 2. The van der Waals surface area contributed by atoms with Gasteiger partial charge >= 0.3 is 0 Å². The fourth-order valence-corrected chi connectivity index (χ4v) is 3.11. The third-order valence-electron chi connectivity index (χ3n) is 3.37. The molecule has 0 aliphatic rings. The minimum atomic E-state index is -0.390. The molecule has 0 spiro atoms. The van der Waals surface area contributed by atoms with Crippen LogP contribution in [0, 0.1) is 0 Å². The highest BCUT2D eigenvalue weighted by Gasteiger charge is 2.16. The molecule has 2 aromatic carbocycles. The number of carbonyl (C=O) groups is 1. The number of rotatable bonds is 6. The Morgan fingerprint density at radius 1 is 1.23 bits per heavy atom. The van der Waals surface area contributed by atoms with Crippen molar-refractivity contribution < 1.29 is 9.53 Å². The Balaban J connectivity index is 2.11. The molecule has 2 aromatic rings. The van der Waals surface area contributed by atoms with Crippen LogP contribution in [0.1, 0.15) is 30.1 Å². The van der Waals surface area contributed by atoms with Gasteiger partial charge in [0.25, 0.3) is 5.91 Å². The predicted molar refractivity (Wildman–Crippen MR) is 115 cm³/mol. The first-order valence-corrected chi connectivity index (χ1v) is 9.86. The summed E-state index contributed by atoms with van der Waals surface area (Å²) >= 11 is 20.8. The Bertz CT molecular complexity index is 798. The van der Waals surface area contributed by atoms with Gasteiger partial charge in [-0.25, -0.2) is 0 Å². The summed E-state index contributed by atoms with van der Waals surface area (Å²) in [6.07, 6.45) is 1.91. The number of para-hydroxylation sites is 1. The van der Waals surface area contributed by atoms with Crippen LogP contribution in [0.4, 0.5) is 5.69 Å². The number of unbranched alkanes of at least 4 members (excludes halogenated alkanes) is 1. The molecule has 4 nitrogen and oxygen atoms in total. The summed E-state index contributed by atoms with van der Waals surface area (Å²) < 4.78 is 6.47. The zero-order valence-electron chi connectivity index (χ0n) is 13.9. The van der Waals surface area contributed by atoms with Gasteiger partial charge in [0, 0.05) is 4.47 Å². The average molecular weight is 476 g/mol. The lowest BCUT2D eigenvalue weighted by Crippen LogP contribution is -2.34. The van der Waals surface area contributed by atoms with E-state index in [1.807, 2.05) is 6.07 Å². The molecule has 0 saturated heterocycles. The van der Waals surface area contributed by atoms with E-state index >= 15 is 0 Å². The summed E-state index contributed by atoms with van der Waals surface area (Å²) in [6.45, 7) is 2.61.